The summed E-state index contributed by atoms with van der Waals surface area (Å²) in [5, 5.41) is 10.2. The third kappa shape index (κ3) is 2.66. The van der Waals surface area contributed by atoms with Gasteiger partial charge in [0.05, 0.1) is 16.1 Å². The van der Waals surface area contributed by atoms with E-state index in [2.05, 4.69) is 4.98 Å². The Morgan fingerprint density at radius 3 is 2.62 bits per heavy atom. The Morgan fingerprint density at radius 1 is 1.05 bits per heavy atom. The molecule has 5 heteroatoms. The second-order valence-electron chi connectivity index (χ2n) is 4.36. The Balaban J connectivity index is 2.03. The third-order valence-corrected chi connectivity index (χ3v) is 3.30. The van der Waals surface area contributed by atoms with E-state index in [-0.39, 0.29) is 5.56 Å². The maximum absolute atomic E-state index is 11.2. The second kappa shape index (κ2) is 5.42. The molecule has 4 nitrogen and oxygen atoms in total. The standard InChI is InChI=1S/C16H10ClNO3/c17-12-5-1-2-7-14(12)21-15-9-8-10-11(16(19)20)4-3-6-13(10)18-15/h1-9H,(H,19,20). The van der Waals surface area contributed by atoms with Gasteiger partial charge >= 0.3 is 5.97 Å². The van der Waals surface area contributed by atoms with Gasteiger partial charge in [0, 0.05) is 11.5 Å². The molecule has 3 aromatic rings. The van der Waals surface area contributed by atoms with E-state index in [1.807, 2.05) is 12.1 Å². The zero-order valence-corrected chi connectivity index (χ0v) is 11.5. The van der Waals surface area contributed by atoms with Crippen molar-refractivity contribution in [3.63, 3.8) is 0 Å². The summed E-state index contributed by atoms with van der Waals surface area (Å²) in [6.07, 6.45) is 0. The molecule has 0 aliphatic heterocycles. The molecule has 0 spiro atoms. The van der Waals surface area contributed by atoms with E-state index >= 15 is 0 Å². The zero-order chi connectivity index (χ0) is 14.8. The van der Waals surface area contributed by atoms with Gasteiger partial charge in [0.2, 0.25) is 5.88 Å². The predicted molar refractivity (Wildman–Crippen MR) is 80.2 cm³/mol. The van der Waals surface area contributed by atoms with Crippen molar-refractivity contribution in [1.82, 2.24) is 4.98 Å². The van der Waals surface area contributed by atoms with Crippen LogP contribution in [0.25, 0.3) is 10.9 Å². The highest BCUT2D eigenvalue weighted by atomic mass is 35.5. The summed E-state index contributed by atoms with van der Waals surface area (Å²) in [7, 11) is 0. The van der Waals surface area contributed by atoms with Gasteiger partial charge in [-0.2, -0.15) is 0 Å². The smallest absolute Gasteiger partial charge is 0.336 e. The average Bonchev–Trinajstić information content (AvgIpc) is 2.48. The molecule has 0 radical (unpaired) electrons. The normalized spacial score (nSPS) is 10.5. The van der Waals surface area contributed by atoms with Gasteiger partial charge in [0.25, 0.3) is 0 Å². The van der Waals surface area contributed by atoms with Crippen molar-refractivity contribution in [2.45, 2.75) is 0 Å². The molecule has 1 heterocycles. The first kappa shape index (κ1) is 13.4. The van der Waals surface area contributed by atoms with E-state index < -0.39 is 5.97 Å². The SMILES string of the molecule is O=C(O)c1cccc2nc(Oc3ccccc3Cl)ccc12. The number of pyridine rings is 1. The molecular weight excluding hydrogens is 290 g/mol. The molecule has 3 rings (SSSR count). The molecular formula is C16H10ClNO3. The number of aromatic nitrogens is 1. The van der Waals surface area contributed by atoms with Gasteiger partial charge in [0.15, 0.2) is 0 Å². The topological polar surface area (TPSA) is 59.4 Å². The largest absolute Gasteiger partial charge is 0.478 e. The molecule has 1 aromatic heterocycles. The first-order valence-electron chi connectivity index (χ1n) is 6.20. The Kier molecular flexibility index (Phi) is 3.46. The molecule has 0 saturated heterocycles. The number of hydrogen-bond donors (Lipinski definition) is 1. The molecule has 0 unspecified atom stereocenters. The molecule has 0 atom stereocenters. The molecule has 0 bridgehead atoms. The summed E-state index contributed by atoms with van der Waals surface area (Å²) in [5.74, 6) is -0.124. The van der Waals surface area contributed by atoms with Crippen LogP contribution in [-0.4, -0.2) is 16.1 Å². The number of fused-ring (bicyclic) bond motifs is 1. The van der Waals surface area contributed by atoms with E-state index in [9.17, 15) is 4.79 Å². The summed E-state index contributed by atoms with van der Waals surface area (Å²) >= 11 is 6.03. The van der Waals surface area contributed by atoms with E-state index in [4.69, 9.17) is 21.4 Å². The number of carboxylic acid groups (broad SMARTS) is 1. The number of ether oxygens (including phenoxy) is 1. The number of carbonyl (C=O) groups is 1. The maximum Gasteiger partial charge on any atom is 0.336 e. The van der Waals surface area contributed by atoms with Crippen molar-refractivity contribution in [3.05, 3.63) is 65.2 Å². The van der Waals surface area contributed by atoms with E-state index in [1.165, 1.54) is 0 Å². The van der Waals surface area contributed by atoms with Crippen LogP contribution in [0.1, 0.15) is 10.4 Å². The number of benzene rings is 2. The van der Waals surface area contributed by atoms with Crippen molar-refractivity contribution in [1.29, 1.82) is 0 Å². The van der Waals surface area contributed by atoms with E-state index in [1.54, 1.807) is 42.5 Å². The van der Waals surface area contributed by atoms with Gasteiger partial charge in [-0.3, -0.25) is 0 Å². The number of nitrogens with zero attached hydrogens (tertiary/aromatic N) is 1. The number of para-hydroxylation sites is 1. The Hall–Kier alpha value is -2.59. The van der Waals surface area contributed by atoms with Crippen molar-refractivity contribution >= 4 is 28.5 Å². The number of rotatable bonds is 3. The minimum Gasteiger partial charge on any atom is -0.478 e. The van der Waals surface area contributed by atoms with Gasteiger partial charge < -0.3 is 9.84 Å². The monoisotopic (exact) mass is 299 g/mol. The van der Waals surface area contributed by atoms with Crippen LogP contribution in [0.5, 0.6) is 11.6 Å². The highest BCUT2D eigenvalue weighted by Gasteiger charge is 2.10. The highest BCUT2D eigenvalue weighted by molar-refractivity contribution is 6.32. The van der Waals surface area contributed by atoms with Gasteiger partial charge in [-0.05, 0) is 30.3 Å². The number of halogens is 1. The van der Waals surface area contributed by atoms with E-state index in [0.717, 1.165) is 0 Å². The molecule has 21 heavy (non-hydrogen) atoms. The molecule has 104 valence electrons. The minimum atomic E-state index is -0.984. The van der Waals surface area contributed by atoms with Crippen LogP contribution >= 0.6 is 11.6 Å². The van der Waals surface area contributed by atoms with Gasteiger partial charge in [-0.25, -0.2) is 9.78 Å². The lowest BCUT2D eigenvalue weighted by molar-refractivity contribution is 0.0699. The van der Waals surface area contributed by atoms with Crippen LogP contribution in [0.2, 0.25) is 5.02 Å². The van der Waals surface area contributed by atoms with Gasteiger partial charge in [-0.15, -0.1) is 0 Å². The van der Waals surface area contributed by atoms with Crippen molar-refractivity contribution in [3.8, 4) is 11.6 Å². The van der Waals surface area contributed by atoms with Gasteiger partial charge in [0.1, 0.15) is 5.75 Å². The fraction of sp³-hybridized carbons (Fsp3) is 0. The van der Waals surface area contributed by atoms with Crippen LogP contribution < -0.4 is 4.74 Å². The molecule has 0 amide bonds. The number of hydrogen-bond acceptors (Lipinski definition) is 3. The lowest BCUT2D eigenvalue weighted by Crippen LogP contribution is -1.98. The Labute approximate surface area is 125 Å². The highest BCUT2D eigenvalue weighted by Crippen LogP contribution is 2.29. The summed E-state index contributed by atoms with van der Waals surface area (Å²) in [4.78, 5) is 15.5. The van der Waals surface area contributed by atoms with Crippen molar-refractivity contribution < 1.29 is 14.6 Å². The fourth-order valence-electron chi connectivity index (χ4n) is 2.02. The quantitative estimate of drug-likeness (QED) is 0.779. The Morgan fingerprint density at radius 2 is 1.86 bits per heavy atom. The number of aromatic carboxylic acids is 1. The fourth-order valence-corrected chi connectivity index (χ4v) is 2.19. The minimum absolute atomic E-state index is 0.212. The lowest BCUT2D eigenvalue weighted by Gasteiger charge is -2.08. The summed E-state index contributed by atoms with van der Waals surface area (Å²) < 4.78 is 5.63. The maximum atomic E-state index is 11.2. The molecule has 1 N–H and O–H groups in total. The lowest BCUT2D eigenvalue weighted by atomic mass is 10.1. The van der Waals surface area contributed by atoms with Crippen molar-refractivity contribution in [2.24, 2.45) is 0 Å². The molecule has 0 saturated carbocycles. The van der Waals surface area contributed by atoms with Crippen LogP contribution in [0.4, 0.5) is 0 Å². The van der Waals surface area contributed by atoms with Crippen molar-refractivity contribution in [2.75, 3.05) is 0 Å². The van der Waals surface area contributed by atoms with Crippen LogP contribution in [0, 0.1) is 0 Å². The van der Waals surface area contributed by atoms with Crippen LogP contribution in [0.15, 0.2) is 54.6 Å². The second-order valence-corrected chi connectivity index (χ2v) is 4.77. The summed E-state index contributed by atoms with van der Waals surface area (Å²) in [5.41, 5.74) is 0.767. The van der Waals surface area contributed by atoms with Gasteiger partial charge in [-0.1, -0.05) is 29.8 Å². The molecule has 2 aromatic carbocycles. The molecule has 0 aliphatic rings. The molecule has 0 aliphatic carbocycles. The Bertz CT molecular complexity index is 833. The summed E-state index contributed by atoms with van der Waals surface area (Å²) in [6.45, 7) is 0. The van der Waals surface area contributed by atoms with E-state index in [0.29, 0.717) is 27.6 Å². The average molecular weight is 300 g/mol. The molecule has 0 fully saturated rings. The van der Waals surface area contributed by atoms with Crippen LogP contribution in [-0.2, 0) is 0 Å². The van der Waals surface area contributed by atoms with Crippen LogP contribution in [0.3, 0.4) is 0 Å². The third-order valence-electron chi connectivity index (χ3n) is 2.99. The zero-order valence-electron chi connectivity index (χ0n) is 10.8. The first-order valence-corrected chi connectivity index (χ1v) is 6.58. The first-order chi connectivity index (χ1) is 10.1. The number of carboxylic acids is 1. The summed E-state index contributed by atoms with van der Waals surface area (Å²) in [6, 6.07) is 15.3. The predicted octanol–water partition coefficient (Wildman–Crippen LogP) is 4.38.